The van der Waals surface area contributed by atoms with Gasteiger partial charge in [0.2, 0.25) is 5.91 Å². The zero-order valence-corrected chi connectivity index (χ0v) is 18.7. The van der Waals surface area contributed by atoms with Crippen LogP contribution in [0.4, 0.5) is 9.93 Å². The summed E-state index contributed by atoms with van der Waals surface area (Å²) in [6.07, 6.45) is -0.776. The van der Waals surface area contributed by atoms with Crippen LogP contribution in [0.2, 0.25) is 0 Å². The van der Waals surface area contributed by atoms with Crippen molar-refractivity contribution in [1.29, 1.82) is 0 Å². The first-order chi connectivity index (χ1) is 15.9. The molecule has 4 rings (SSSR count). The summed E-state index contributed by atoms with van der Waals surface area (Å²) in [7, 11) is 0. The fourth-order valence-electron chi connectivity index (χ4n) is 3.97. The molecule has 170 valence electrons. The Morgan fingerprint density at radius 3 is 2.36 bits per heavy atom. The largest absolute Gasteiger partial charge is 0.481 e. The summed E-state index contributed by atoms with van der Waals surface area (Å²) in [5.41, 5.74) is 5.05. The van der Waals surface area contributed by atoms with Gasteiger partial charge in [0.15, 0.2) is 5.13 Å². The Kier molecular flexibility index (Phi) is 6.69. The van der Waals surface area contributed by atoms with Crippen LogP contribution >= 0.6 is 11.3 Å². The molecule has 0 saturated heterocycles. The van der Waals surface area contributed by atoms with E-state index in [4.69, 9.17) is 9.84 Å². The van der Waals surface area contributed by atoms with E-state index < -0.39 is 18.1 Å². The molecule has 0 radical (unpaired) electrons. The molecule has 0 fully saturated rings. The van der Waals surface area contributed by atoms with Gasteiger partial charge in [0.1, 0.15) is 6.61 Å². The van der Waals surface area contributed by atoms with Crippen LogP contribution in [-0.4, -0.2) is 40.7 Å². The first kappa shape index (κ1) is 22.5. The number of carboxylic acids is 1. The van der Waals surface area contributed by atoms with Gasteiger partial charge in [-0.05, 0) is 29.2 Å². The molecular weight excluding hydrogens is 442 g/mol. The van der Waals surface area contributed by atoms with Crippen molar-refractivity contribution in [3.63, 3.8) is 0 Å². The topological polar surface area (TPSA) is 118 Å². The van der Waals surface area contributed by atoms with Gasteiger partial charge in [-0.25, -0.2) is 9.78 Å². The number of ether oxygens (including phenoxy) is 1. The Labute approximate surface area is 194 Å². The van der Waals surface area contributed by atoms with Gasteiger partial charge in [0.05, 0.1) is 18.5 Å². The number of hydrogen-bond acceptors (Lipinski definition) is 6. The second kappa shape index (κ2) is 9.83. The van der Waals surface area contributed by atoms with Crippen molar-refractivity contribution >= 4 is 34.4 Å². The van der Waals surface area contributed by atoms with Crippen LogP contribution in [-0.2, 0) is 20.7 Å². The van der Waals surface area contributed by atoms with Gasteiger partial charge in [-0.3, -0.25) is 14.9 Å². The highest BCUT2D eigenvalue weighted by atomic mass is 32.1. The van der Waals surface area contributed by atoms with Gasteiger partial charge in [-0.1, -0.05) is 48.5 Å². The van der Waals surface area contributed by atoms with Crippen molar-refractivity contribution < 1.29 is 24.2 Å². The molecule has 0 aliphatic heterocycles. The number of fused-ring (bicyclic) bond motifs is 3. The molecule has 0 bridgehead atoms. The Morgan fingerprint density at radius 1 is 1.09 bits per heavy atom. The van der Waals surface area contributed by atoms with Crippen LogP contribution in [0.1, 0.15) is 36.1 Å². The predicted octanol–water partition coefficient (Wildman–Crippen LogP) is 4.03. The van der Waals surface area contributed by atoms with Gasteiger partial charge in [0.25, 0.3) is 0 Å². The number of rotatable bonds is 8. The molecule has 1 aromatic heterocycles. The third-order valence-corrected chi connectivity index (χ3v) is 6.14. The SMILES string of the molecule is C[C@H](CC(=O)O)NC(=O)Cc1csc(NC(=O)OCC2c3ccccc3-c3ccccc32)n1. The van der Waals surface area contributed by atoms with Crippen LogP contribution < -0.4 is 10.6 Å². The number of nitrogens with one attached hydrogen (secondary N) is 2. The summed E-state index contributed by atoms with van der Waals surface area (Å²) in [5, 5.41) is 16.0. The zero-order valence-electron chi connectivity index (χ0n) is 17.9. The second-order valence-corrected chi connectivity index (χ2v) is 8.70. The summed E-state index contributed by atoms with van der Waals surface area (Å²) < 4.78 is 5.51. The number of amides is 2. The number of thiazole rings is 1. The van der Waals surface area contributed by atoms with Crippen LogP contribution in [0.25, 0.3) is 11.1 Å². The normalized spacial score (nSPS) is 13.0. The standard InChI is InChI=1S/C24H23N3O5S/c1-14(10-22(29)30)25-21(28)11-15-13-33-23(26-15)27-24(31)32-12-20-18-8-4-2-6-16(18)17-7-3-5-9-19(17)20/h2-9,13-14,20H,10-12H2,1H3,(H,25,28)(H,29,30)(H,26,27,31)/t14-/m1/s1. The summed E-state index contributed by atoms with van der Waals surface area (Å²) in [6, 6.07) is 15.7. The van der Waals surface area contributed by atoms with Crippen LogP contribution in [0.3, 0.4) is 0 Å². The lowest BCUT2D eigenvalue weighted by Gasteiger charge is -2.14. The second-order valence-electron chi connectivity index (χ2n) is 7.84. The molecule has 1 heterocycles. The van der Waals surface area contributed by atoms with E-state index in [1.54, 1.807) is 12.3 Å². The maximum atomic E-state index is 12.4. The molecule has 1 aliphatic carbocycles. The minimum Gasteiger partial charge on any atom is -0.481 e. The Balaban J connectivity index is 1.31. The van der Waals surface area contributed by atoms with Gasteiger partial charge >= 0.3 is 12.1 Å². The molecule has 3 N–H and O–H groups in total. The minimum atomic E-state index is -0.981. The monoisotopic (exact) mass is 465 g/mol. The zero-order chi connectivity index (χ0) is 23.4. The lowest BCUT2D eigenvalue weighted by atomic mass is 9.98. The van der Waals surface area contributed by atoms with Gasteiger partial charge in [-0.15, -0.1) is 11.3 Å². The van der Waals surface area contributed by atoms with Crippen molar-refractivity contribution in [3.05, 3.63) is 70.7 Å². The molecule has 3 aromatic rings. The molecule has 1 aliphatic rings. The quantitative estimate of drug-likeness (QED) is 0.462. The number of anilines is 1. The van der Waals surface area contributed by atoms with Crippen molar-refractivity contribution in [1.82, 2.24) is 10.3 Å². The molecule has 2 aromatic carbocycles. The predicted molar refractivity (Wildman–Crippen MR) is 124 cm³/mol. The van der Waals surface area contributed by atoms with Crippen molar-refractivity contribution in [2.75, 3.05) is 11.9 Å². The molecule has 9 heteroatoms. The fraction of sp³-hybridized carbons (Fsp3) is 0.250. The average molecular weight is 466 g/mol. The first-order valence-corrected chi connectivity index (χ1v) is 11.4. The van der Waals surface area contributed by atoms with E-state index in [1.165, 1.54) is 11.3 Å². The van der Waals surface area contributed by atoms with E-state index in [0.29, 0.717) is 10.8 Å². The van der Waals surface area contributed by atoms with Gasteiger partial charge in [-0.2, -0.15) is 0 Å². The number of carboxylic acid groups (broad SMARTS) is 1. The highest BCUT2D eigenvalue weighted by Crippen LogP contribution is 2.44. The maximum Gasteiger partial charge on any atom is 0.413 e. The van der Waals surface area contributed by atoms with Crippen molar-refractivity contribution in [2.45, 2.75) is 31.7 Å². The molecular formula is C24H23N3O5S. The Bertz CT molecular complexity index is 1150. The number of carbonyl (C=O) groups excluding carboxylic acids is 2. The number of aliphatic carboxylic acids is 1. The van der Waals surface area contributed by atoms with E-state index >= 15 is 0 Å². The fourth-order valence-corrected chi connectivity index (χ4v) is 4.67. The van der Waals surface area contributed by atoms with Crippen molar-refractivity contribution in [3.8, 4) is 11.1 Å². The van der Waals surface area contributed by atoms with Gasteiger partial charge in [0, 0.05) is 17.3 Å². The third-order valence-electron chi connectivity index (χ3n) is 5.33. The Morgan fingerprint density at radius 2 is 1.73 bits per heavy atom. The third kappa shape index (κ3) is 5.38. The summed E-state index contributed by atoms with van der Waals surface area (Å²) in [5.74, 6) is -1.35. The number of carbonyl (C=O) groups is 3. The van der Waals surface area contributed by atoms with E-state index in [2.05, 4.69) is 39.9 Å². The van der Waals surface area contributed by atoms with Crippen LogP contribution in [0, 0.1) is 0 Å². The van der Waals surface area contributed by atoms with E-state index in [-0.39, 0.29) is 31.3 Å². The smallest absolute Gasteiger partial charge is 0.413 e. The molecule has 1 atom stereocenters. The average Bonchev–Trinajstić information content (AvgIpc) is 3.33. The lowest BCUT2D eigenvalue weighted by Crippen LogP contribution is -2.35. The molecule has 0 saturated carbocycles. The van der Waals surface area contributed by atoms with Crippen molar-refractivity contribution in [2.24, 2.45) is 0 Å². The van der Waals surface area contributed by atoms with Crippen LogP contribution in [0.5, 0.6) is 0 Å². The molecule has 0 spiro atoms. The van der Waals surface area contributed by atoms with E-state index in [0.717, 1.165) is 22.3 Å². The number of hydrogen-bond donors (Lipinski definition) is 3. The molecule has 8 nitrogen and oxygen atoms in total. The minimum absolute atomic E-state index is 0.00711. The molecule has 33 heavy (non-hydrogen) atoms. The highest BCUT2D eigenvalue weighted by molar-refractivity contribution is 7.13. The molecule has 0 unspecified atom stereocenters. The number of benzene rings is 2. The number of nitrogens with zero attached hydrogens (tertiary/aromatic N) is 1. The van der Waals surface area contributed by atoms with Crippen LogP contribution in [0.15, 0.2) is 53.9 Å². The molecule has 2 amide bonds. The van der Waals surface area contributed by atoms with E-state index in [1.807, 2.05) is 24.3 Å². The first-order valence-electron chi connectivity index (χ1n) is 10.5. The Hall–Kier alpha value is -3.72. The highest BCUT2D eigenvalue weighted by Gasteiger charge is 2.29. The number of aromatic nitrogens is 1. The maximum absolute atomic E-state index is 12.4. The summed E-state index contributed by atoms with van der Waals surface area (Å²) >= 11 is 1.19. The van der Waals surface area contributed by atoms with E-state index in [9.17, 15) is 14.4 Å². The summed E-state index contributed by atoms with van der Waals surface area (Å²) in [6.45, 7) is 1.82. The lowest BCUT2D eigenvalue weighted by molar-refractivity contribution is -0.137. The summed E-state index contributed by atoms with van der Waals surface area (Å²) in [4.78, 5) is 39.3. The van der Waals surface area contributed by atoms with Gasteiger partial charge < -0.3 is 15.2 Å².